The number of sulfonamides is 1. The van der Waals surface area contributed by atoms with Crippen molar-refractivity contribution < 1.29 is 18.0 Å². The highest BCUT2D eigenvalue weighted by molar-refractivity contribution is 7.90. The lowest BCUT2D eigenvalue weighted by molar-refractivity contribution is 0.0957. The summed E-state index contributed by atoms with van der Waals surface area (Å²) in [6, 6.07) is 13.3. The Morgan fingerprint density at radius 2 is 1.25 bits per heavy atom. The molecule has 2 N–H and O–H groups in total. The van der Waals surface area contributed by atoms with E-state index in [1.807, 2.05) is 18.6 Å². The van der Waals surface area contributed by atoms with Crippen LogP contribution < -0.4 is 10.0 Å². The molecule has 6 nitrogen and oxygen atoms in total. The molecule has 0 bridgehead atoms. The Balaban J connectivity index is 0.00000139. The molecule has 2 rings (SSSR count). The monoisotopic (exact) mass is 348 g/mol. The molecule has 0 aliphatic rings. The van der Waals surface area contributed by atoms with Crippen LogP contribution in [-0.4, -0.2) is 27.3 Å². The van der Waals surface area contributed by atoms with Crippen LogP contribution in [0.2, 0.25) is 0 Å². The molecule has 0 spiro atoms. The number of hydrogen-bond acceptors (Lipinski definition) is 4. The first-order valence-corrected chi connectivity index (χ1v) is 8.87. The molecule has 2 aromatic carbocycles. The average Bonchev–Trinajstić information content (AvgIpc) is 2.63. The van der Waals surface area contributed by atoms with Crippen LogP contribution in [0.4, 0.5) is 0 Å². The van der Waals surface area contributed by atoms with Gasteiger partial charge in [0.05, 0.1) is 4.90 Å². The summed E-state index contributed by atoms with van der Waals surface area (Å²) >= 11 is 0. The van der Waals surface area contributed by atoms with E-state index in [0.717, 1.165) is 0 Å². The summed E-state index contributed by atoms with van der Waals surface area (Å²) in [5.74, 6) is -1.05. The highest BCUT2D eigenvalue weighted by atomic mass is 32.2. The fraction of sp³-hybridized carbons (Fsp3) is 0.176. The van der Waals surface area contributed by atoms with Crippen LogP contribution >= 0.6 is 0 Å². The van der Waals surface area contributed by atoms with Gasteiger partial charge in [-0.3, -0.25) is 9.59 Å². The van der Waals surface area contributed by atoms with Crippen molar-refractivity contribution in [3.63, 3.8) is 0 Å². The Bertz CT molecular complexity index is 785. The van der Waals surface area contributed by atoms with Crippen LogP contribution in [-0.2, 0) is 10.0 Å². The van der Waals surface area contributed by atoms with Gasteiger partial charge in [0.2, 0.25) is 0 Å². The summed E-state index contributed by atoms with van der Waals surface area (Å²) in [4.78, 5) is 23.4. The number of hydrogen-bond donors (Lipinski definition) is 2. The van der Waals surface area contributed by atoms with Crippen molar-refractivity contribution in [2.24, 2.45) is 0 Å². The first kappa shape index (κ1) is 19.4. The molecule has 2 aromatic rings. The molecule has 0 radical (unpaired) electrons. The predicted octanol–water partition coefficient (Wildman–Crippen LogP) is 2.19. The van der Waals surface area contributed by atoms with E-state index < -0.39 is 15.9 Å². The van der Waals surface area contributed by atoms with Gasteiger partial charge in [-0.2, -0.15) is 0 Å². The Kier molecular flexibility index (Phi) is 7.13. The lowest BCUT2D eigenvalue weighted by atomic mass is 10.1. The smallest absolute Gasteiger partial charge is 0.264 e. The number of amides is 2. The van der Waals surface area contributed by atoms with Crippen molar-refractivity contribution in [3.8, 4) is 0 Å². The highest BCUT2D eigenvalue weighted by Gasteiger charge is 2.18. The van der Waals surface area contributed by atoms with Crippen molar-refractivity contribution in [2.45, 2.75) is 18.7 Å². The van der Waals surface area contributed by atoms with Gasteiger partial charge in [0, 0.05) is 18.2 Å². The summed E-state index contributed by atoms with van der Waals surface area (Å²) in [6.07, 6.45) is 0. The van der Waals surface area contributed by atoms with Crippen LogP contribution in [0.1, 0.15) is 34.6 Å². The van der Waals surface area contributed by atoms with Gasteiger partial charge >= 0.3 is 0 Å². The highest BCUT2D eigenvalue weighted by Crippen LogP contribution is 2.09. The largest absolute Gasteiger partial charge is 0.355 e. The van der Waals surface area contributed by atoms with Crippen molar-refractivity contribution in [1.82, 2.24) is 10.0 Å². The Hall–Kier alpha value is -2.67. The zero-order valence-corrected chi connectivity index (χ0v) is 14.6. The molecular formula is C17H20N2O4S. The van der Waals surface area contributed by atoms with Crippen LogP contribution in [0.5, 0.6) is 0 Å². The summed E-state index contributed by atoms with van der Waals surface area (Å²) in [6.45, 7) is 4.00. The van der Waals surface area contributed by atoms with E-state index in [0.29, 0.717) is 5.56 Å². The van der Waals surface area contributed by atoms with Gasteiger partial charge < -0.3 is 5.32 Å². The minimum absolute atomic E-state index is 0.00494. The maximum absolute atomic E-state index is 12.0. The SMILES string of the molecule is CC.CNC(=O)c1ccc(C(=O)NS(=O)(=O)c2ccccc2)cc1. The molecule has 0 unspecified atom stereocenters. The van der Waals surface area contributed by atoms with Gasteiger partial charge in [0.1, 0.15) is 0 Å². The van der Waals surface area contributed by atoms with Gasteiger partial charge in [-0.05, 0) is 36.4 Å². The Labute approximate surface area is 142 Å². The average molecular weight is 348 g/mol. The second-order valence-electron chi connectivity index (χ2n) is 4.40. The number of carbonyl (C=O) groups is 2. The first-order valence-electron chi connectivity index (χ1n) is 7.38. The van der Waals surface area contributed by atoms with Crippen LogP contribution in [0, 0.1) is 0 Å². The van der Waals surface area contributed by atoms with E-state index >= 15 is 0 Å². The second-order valence-corrected chi connectivity index (χ2v) is 6.09. The third-order valence-electron chi connectivity index (χ3n) is 2.92. The van der Waals surface area contributed by atoms with Crippen molar-refractivity contribution in [3.05, 3.63) is 65.7 Å². The van der Waals surface area contributed by atoms with Gasteiger partial charge in [-0.25, -0.2) is 13.1 Å². The molecular weight excluding hydrogens is 328 g/mol. The van der Waals surface area contributed by atoms with E-state index in [4.69, 9.17) is 0 Å². The van der Waals surface area contributed by atoms with Crippen molar-refractivity contribution in [2.75, 3.05) is 7.05 Å². The van der Waals surface area contributed by atoms with Crippen LogP contribution in [0.15, 0.2) is 59.5 Å². The van der Waals surface area contributed by atoms with E-state index in [-0.39, 0.29) is 16.4 Å². The molecule has 24 heavy (non-hydrogen) atoms. The minimum Gasteiger partial charge on any atom is -0.355 e. The molecule has 0 saturated heterocycles. The maximum Gasteiger partial charge on any atom is 0.264 e. The van der Waals surface area contributed by atoms with Gasteiger partial charge in [0.25, 0.3) is 21.8 Å². The number of benzene rings is 2. The zero-order valence-electron chi connectivity index (χ0n) is 13.7. The lowest BCUT2D eigenvalue weighted by Gasteiger charge is -2.07. The topological polar surface area (TPSA) is 92.3 Å². The molecule has 0 saturated carbocycles. The third kappa shape index (κ3) is 4.92. The fourth-order valence-electron chi connectivity index (χ4n) is 1.76. The van der Waals surface area contributed by atoms with Crippen molar-refractivity contribution in [1.29, 1.82) is 0 Å². The molecule has 0 aliphatic carbocycles. The molecule has 0 heterocycles. The molecule has 0 fully saturated rings. The van der Waals surface area contributed by atoms with E-state index in [1.165, 1.54) is 43.4 Å². The second kappa shape index (κ2) is 8.83. The Morgan fingerprint density at radius 1 is 0.792 bits per heavy atom. The summed E-state index contributed by atoms with van der Waals surface area (Å²) < 4.78 is 26.1. The van der Waals surface area contributed by atoms with Gasteiger partial charge in [-0.15, -0.1) is 0 Å². The molecule has 0 aliphatic heterocycles. The zero-order chi connectivity index (χ0) is 18.2. The maximum atomic E-state index is 12.0. The molecule has 0 atom stereocenters. The minimum atomic E-state index is -3.92. The van der Waals surface area contributed by atoms with Crippen molar-refractivity contribution >= 4 is 21.8 Å². The Morgan fingerprint density at radius 3 is 1.71 bits per heavy atom. The summed E-state index contributed by atoms with van der Waals surface area (Å²) in [7, 11) is -2.42. The standard InChI is InChI=1S/C15H14N2O4S.C2H6/c1-16-14(18)11-7-9-12(10-8-11)15(19)17-22(20,21)13-5-3-2-4-6-13;1-2/h2-10H,1H3,(H,16,18)(H,17,19);1-2H3. The molecule has 0 aromatic heterocycles. The molecule has 2 amide bonds. The first-order chi connectivity index (χ1) is 11.4. The van der Waals surface area contributed by atoms with Crippen LogP contribution in [0.3, 0.4) is 0 Å². The van der Waals surface area contributed by atoms with Gasteiger partial charge in [0.15, 0.2) is 0 Å². The quantitative estimate of drug-likeness (QED) is 0.886. The van der Waals surface area contributed by atoms with E-state index in [9.17, 15) is 18.0 Å². The van der Waals surface area contributed by atoms with E-state index in [2.05, 4.69) is 5.32 Å². The predicted molar refractivity (Wildman–Crippen MR) is 92.3 cm³/mol. The normalized spacial score (nSPS) is 10.1. The number of rotatable bonds is 4. The van der Waals surface area contributed by atoms with Crippen LogP contribution in [0.25, 0.3) is 0 Å². The molecule has 128 valence electrons. The fourth-order valence-corrected chi connectivity index (χ4v) is 2.75. The summed E-state index contributed by atoms with van der Waals surface area (Å²) in [5, 5.41) is 2.45. The number of carbonyl (C=O) groups excluding carboxylic acids is 2. The third-order valence-corrected chi connectivity index (χ3v) is 4.26. The van der Waals surface area contributed by atoms with E-state index in [1.54, 1.807) is 18.2 Å². The number of nitrogens with one attached hydrogen (secondary N) is 2. The molecule has 7 heteroatoms. The summed E-state index contributed by atoms with van der Waals surface area (Å²) in [5.41, 5.74) is 0.525. The van der Waals surface area contributed by atoms with Gasteiger partial charge in [-0.1, -0.05) is 32.0 Å². The lowest BCUT2D eigenvalue weighted by Crippen LogP contribution is -2.30.